The molecule has 1 aromatic heterocycles. The molecule has 1 aliphatic heterocycles. The highest BCUT2D eigenvalue weighted by Crippen LogP contribution is 2.23. The Labute approximate surface area is 138 Å². The van der Waals surface area contributed by atoms with Crippen LogP contribution in [-0.4, -0.2) is 48.6 Å². The van der Waals surface area contributed by atoms with Gasteiger partial charge in [0.2, 0.25) is 0 Å². The van der Waals surface area contributed by atoms with E-state index in [0.717, 1.165) is 18.2 Å². The van der Waals surface area contributed by atoms with Crippen molar-refractivity contribution in [2.75, 3.05) is 37.7 Å². The second-order valence-corrected chi connectivity index (χ2v) is 6.18. The number of benzene rings is 1. The average molecular weight is 338 g/mol. The highest BCUT2D eigenvalue weighted by molar-refractivity contribution is 7.13. The van der Waals surface area contributed by atoms with Gasteiger partial charge in [0.1, 0.15) is 5.75 Å². The zero-order valence-corrected chi connectivity index (χ0v) is 13.5. The van der Waals surface area contributed by atoms with Gasteiger partial charge in [0, 0.05) is 37.8 Å². The van der Waals surface area contributed by atoms with E-state index >= 15 is 0 Å². The number of halogens is 1. The average Bonchev–Trinajstić information content (AvgIpc) is 3.08. The molecule has 1 fully saturated rings. The molecule has 22 heavy (non-hydrogen) atoms. The van der Waals surface area contributed by atoms with E-state index in [-0.39, 0.29) is 12.5 Å². The fraction of sp³-hybridized carbons (Fsp3) is 0.333. The van der Waals surface area contributed by atoms with Crippen molar-refractivity contribution in [2.45, 2.75) is 0 Å². The number of para-hydroxylation sites is 1. The monoisotopic (exact) mass is 337 g/mol. The summed E-state index contributed by atoms with van der Waals surface area (Å²) in [5.41, 5.74) is 0. The third-order valence-corrected chi connectivity index (χ3v) is 4.65. The molecule has 0 spiro atoms. The largest absolute Gasteiger partial charge is 0.482 e. The summed E-state index contributed by atoms with van der Waals surface area (Å²) < 4.78 is 5.50. The van der Waals surface area contributed by atoms with Crippen LogP contribution in [0.3, 0.4) is 0 Å². The molecule has 0 atom stereocenters. The van der Waals surface area contributed by atoms with Gasteiger partial charge in [-0.2, -0.15) is 0 Å². The maximum Gasteiger partial charge on any atom is 0.260 e. The Morgan fingerprint density at radius 2 is 2.05 bits per heavy atom. The minimum Gasteiger partial charge on any atom is -0.482 e. The Bertz CT molecular complexity index is 627. The summed E-state index contributed by atoms with van der Waals surface area (Å²) in [5, 5.41) is 3.49. The third-order valence-electron chi connectivity index (χ3n) is 3.51. The number of aromatic nitrogens is 1. The Morgan fingerprint density at radius 1 is 1.27 bits per heavy atom. The number of hydrogen-bond donors (Lipinski definition) is 0. The maximum atomic E-state index is 12.2. The smallest absolute Gasteiger partial charge is 0.260 e. The van der Waals surface area contributed by atoms with Crippen LogP contribution in [0.4, 0.5) is 5.13 Å². The van der Waals surface area contributed by atoms with Crippen LogP contribution in [0.15, 0.2) is 35.8 Å². The molecule has 116 valence electrons. The minimum atomic E-state index is -0.0151. The van der Waals surface area contributed by atoms with Crippen molar-refractivity contribution >= 4 is 34.0 Å². The summed E-state index contributed by atoms with van der Waals surface area (Å²) in [5.74, 6) is 0.526. The van der Waals surface area contributed by atoms with Gasteiger partial charge in [0.25, 0.3) is 5.91 Å². The van der Waals surface area contributed by atoms with Gasteiger partial charge in [0.15, 0.2) is 11.7 Å². The SMILES string of the molecule is O=C(COc1ccccc1Cl)N1CCN(c2nccs2)CC1. The number of ether oxygens (including phenoxy) is 1. The highest BCUT2D eigenvalue weighted by Gasteiger charge is 2.22. The van der Waals surface area contributed by atoms with Crippen LogP contribution in [0.5, 0.6) is 5.75 Å². The summed E-state index contributed by atoms with van der Waals surface area (Å²) in [4.78, 5) is 20.5. The quantitative estimate of drug-likeness (QED) is 0.860. The lowest BCUT2D eigenvalue weighted by Gasteiger charge is -2.34. The van der Waals surface area contributed by atoms with Crippen LogP contribution >= 0.6 is 22.9 Å². The summed E-state index contributed by atoms with van der Waals surface area (Å²) in [7, 11) is 0. The molecule has 0 N–H and O–H groups in total. The number of thiazole rings is 1. The molecule has 1 amide bonds. The van der Waals surface area contributed by atoms with E-state index in [1.807, 2.05) is 22.4 Å². The number of hydrogen-bond acceptors (Lipinski definition) is 5. The predicted octanol–water partition coefficient (Wildman–Crippen LogP) is 2.52. The van der Waals surface area contributed by atoms with Gasteiger partial charge in [-0.1, -0.05) is 23.7 Å². The predicted molar refractivity (Wildman–Crippen MR) is 87.9 cm³/mol. The van der Waals surface area contributed by atoms with Crippen LogP contribution in [0.25, 0.3) is 0 Å². The Kier molecular flexibility index (Phi) is 4.80. The minimum absolute atomic E-state index is 0.0149. The second kappa shape index (κ2) is 6.98. The van der Waals surface area contributed by atoms with Crippen molar-refractivity contribution in [1.29, 1.82) is 0 Å². The molecule has 0 saturated carbocycles. The summed E-state index contributed by atoms with van der Waals surface area (Å²) in [6, 6.07) is 7.16. The first kappa shape index (κ1) is 15.1. The number of anilines is 1. The summed E-state index contributed by atoms with van der Waals surface area (Å²) >= 11 is 7.63. The second-order valence-electron chi connectivity index (χ2n) is 4.90. The molecule has 1 aromatic carbocycles. The maximum absolute atomic E-state index is 12.2. The van der Waals surface area contributed by atoms with Gasteiger partial charge in [-0.15, -0.1) is 11.3 Å². The number of amides is 1. The molecular formula is C15H16ClN3O2S. The van der Waals surface area contributed by atoms with E-state index < -0.39 is 0 Å². The molecule has 5 nitrogen and oxygen atoms in total. The molecule has 0 bridgehead atoms. The lowest BCUT2D eigenvalue weighted by molar-refractivity contribution is -0.133. The van der Waals surface area contributed by atoms with E-state index in [0.29, 0.717) is 23.9 Å². The molecule has 1 saturated heterocycles. The molecule has 3 rings (SSSR count). The normalized spacial score (nSPS) is 15.0. The number of rotatable bonds is 4. The highest BCUT2D eigenvalue weighted by atomic mass is 35.5. The summed E-state index contributed by atoms with van der Waals surface area (Å²) in [6.45, 7) is 2.98. The molecular weight excluding hydrogens is 322 g/mol. The van der Waals surface area contributed by atoms with Gasteiger partial charge in [-0.25, -0.2) is 4.98 Å². The van der Waals surface area contributed by atoms with Crippen molar-refractivity contribution < 1.29 is 9.53 Å². The van der Waals surface area contributed by atoms with Crippen molar-refractivity contribution in [1.82, 2.24) is 9.88 Å². The topological polar surface area (TPSA) is 45.7 Å². The molecule has 2 heterocycles. The first-order valence-electron chi connectivity index (χ1n) is 7.03. The van der Waals surface area contributed by atoms with E-state index in [1.54, 1.807) is 29.7 Å². The lowest BCUT2D eigenvalue weighted by Crippen LogP contribution is -2.50. The zero-order chi connectivity index (χ0) is 15.4. The Hall–Kier alpha value is -1.79. The van der Waals surface area contributed by atoms with E-state index in [9.17, 15) is 4.79 Å². The van der Waals surface area contributed by atoms with Crippen LogP contribution in [0.1, 0.15) is 0 Å². The number of nitrogens with zero attached hydrogens (tertiary/aromatic N) is 3. The van der Waals surface area contributed by atoms with Crippen LogP contribution in [-0.2, 0) is 4.79 Å². The van der Waals surface area contributed by atoms with Gasteiger partial charge in [-0.3, -0.25) is 4.79 Å². The van der Waals surface area contributed by atoms with Crippen molar-refractivity contribution in [3.63, 3.8) is 0 Å². The van der Waals surface area contributed by atoms with E-state index in [2.05, 4.69) is 9.88 Å². The van der Waals surface area contributed by atoms with Gasteiger partial charge < -0.3 is 14.5 Å². The molecule has 0 aliphatic carbocycles. The Balaban J connectivity index is 1.49. The number of carbonyl (C=O) groups is 1. The Morgan fingerprint density at radius 3 is 2.73 bits per heavy atom. The summed E-state index contributed by atoms with van der Waals surface area (Å²) in [6.07, 6.45) is 1.80. The number of carbonyl (C=O) groups excluding carboxylic acids is 1. The van der Waals surface area contributed by atoms with E-state index in [1.165, 1.54) is 0 Å². The first-order chi connectivity index (χ1) is 10.7. The third kappa shape index (κ3) is 3.51. The lowest BCUT2D eigenvalue weighted by atomic mass is 10.3. The van der Waals surface area contributed by atoms with Crippen molar-refractivity contribution in [3.05, 3.63) is 40.9 Å². The molecule has 1 aliphatic rings. The van der Waals surface area contributed by atoms with Crippen molar-refractivity contribution in [3.8, 4) is 5.75 Å². The standard InChI is InChI=1S/C15H16ClN3O2S/c16-12-3-1-2-4-13(12)21-11-14(20)18-6-8-19(9-7-18)15-17-5-10-22-15/h1-5,10H,6-9,11H2. The van der Waals surface area contributed by atoms with Gasteiger partial charge >= 0.3 is 0 Å². The fourth-order valence-electron chi connectivity index (χ4n) is 2.31. The fourth-order valence-corrected chi connectivity index (χ4v) is 3.20. The molecule has 0 radical (unpaired) electrons. The van der Waals surface area contributed by atoms with Crippen molar-refractivity contribution in [2.24, 2.45) is 0 Å². The zero-order valence-electron chi connectivity index (χ0n) is 11.9. The van der Waals surface area contributed by atoms with Crippen LogP contribution < -0.4 is 9.64 Å². The van der Waals surface area contributed by atoms with E-state index in [4.69, 9.17) is 16.3 Å². The molecule has 7 heteroatoms. The van der Waals surface area contributed by atoms with Crippen LogP contribution in [0.2, 0.25) is 5.02 Å². The van der Waals surface area contributed by atoms with Gasteiger partial charge in [-0.05, 0) is 12.1 Å². The van der Waals surface area contributed by atoms with Gasteiger partial charge in [0.05, 0.1) is 5.02 Å². The number of piperazine rings is 1. The van der Waals surface area contributed by atoms with Crippen LogP contribution in [0, 0.1) is 0 Å². The molecule has 0 unspecified atom stereocenters. The molecule has 2 aromatic rings. The first-order valence-corrected chi connectivity index (χ1v) is 8.29.